The van der Waals surface area contributed by atoms with Crippen molar-refractivity contribution in [1.82, 2.24) is 21.3 Å². The van der Waals surface area contributed by atoms with Crippen molar-refractivity contribution in [1.29, 1.82) is 0 Å². The first-order valence-corrected chi connectivity index (χ1v) is 11.8. The highest BCUT2D eigenvalue weighted by molar-refractivity contribution is 5.94. The lowest BCUT2D eigenvalue weighted by molar-refractivity contribution is -0.143. The van der Waals surface area contributed by atoms with Crippen molar-refractivity contribution in [2.75, 3.05) is 13.1 Å². The number of hydrogen-bond donors (Lipinski definition) is 9. The highest BCUT2D eigenvalue weighted by Crippen LogP contribution is 2.08. The third-order valence-corrected chi connectivity index (χ3v) is 5.53. The molecule has 0 aromatic carbocycles. The average molecular weight is 529 g/mol. The minimum Gasteiger partial charge on any atom is -0.481 e. The molecule has 4 atom stereocenters. The Morgan fingerprint density at radius 3 is 1.97 bits per heavy atom. The van der Waals surface area contributed by atoms with Gasteiger partial charge < -0.3 is 48.7 Å². The van der Waals surface area contributed by atoms with Crippen LogP contribution in [0.3, 0.4) is 0 Å². The van der Waals surface area contributed by atoms with E-state index in [2.05, 4.69) is 26.3 Å². The fraction of sp³-hybridized carbons (Fsp3) is 0.667. The molecule has 0 aromatic rings. The van der Waals surface area contributed by atoms with E-state index in [1.807, 2.05) is 0 Å². The van der Waals surface area contributed by atoms with Crippen molar-refractivity contribution < 1.29 is 39.0 Å². The first kappa shape index (κ1) is 31.1. The largest absolute Gasteiger partial charge is 0.481 e. The molecule has 16 nitrogen and oxygen atoms in total. The van der Waals surface area contributed by atoms with Crippen molar-refractivity contribution in [3.8, 4) is 0 Å². The fourth-order valence-electron chi connectivity index (χ4n) is 3.58. The third-order valence-electron chi connectivity index (χ3n) is 5.53. The van der Waals surface area contributed by atoms with E-state index in [1.54, 1.807) is 0 Å². The summed E-state index contributed by atoms with van der Waals surface area (Å²) >= 11 is 0. The summed E-state index contributed by atoms with van der Waals surface area (Å²) in [5.74, 6) is -5.73. The molecule has 1 heterocycles. The molecule has 1 fully saturated rings. The zero-order valence-electron chi connectivity index (χ0n) is 20.4. The molecule has 4 amide bonds. The van der Waals surface area contributed by atoms with Crippen LogP contribution in [0.25, 0.3) is 0 Å². The van der Waals surface area contributed by atoms with Gasteiger partial charge in [-0.05, 0) is 45.1 Å². The zero-order chi connectivity index (χ0) is 28.0. The van der Waals surface area contributed by atoms with Gasteiger partial charge in [0.25, 0.3) is 0 Å². The summed E-state index contributed by atoms with van der Waals surface area (Å²) in [6.45, 7) is 0.834. The van der Waals surface area contributed by atoms with Crippen molar-refractivity contribution >= 4 is 41.5 Å². The molecular weight excluding hydrogens is 492 g/mol. The van der Waals surface area contributed by atoms with Crippen LogP contribution in [0.1, 0.15) is 51.4 Å². The van der Waals surface area contributed by atoms with E-state index in [0.29, 0.717) is 19.4 Å². The van der Waals surface area contributed by atoms with Gasteiger partial charge in [-0.1, -0.05) is 0 Å². The van der Waals surface area contributed by atoms with Crippen LogP contribution in [0.15, 0.2) is 4.99 Å². The van der Waals surface area contributed by atoms with E-state index in [1.165, 1.54) is 0 Å². The molecule has 12 N–H and O–H groups in total. The lowest BCUT2D eigenvalue weighted by Crippen LogP contribution is -2.57. The van der Waals surface area contributed by atoms with Gasteiger partial charge in [0.15, 0.2) is 5.96 Å². The number of nitrogens with zero attached hydrogens (tertiary/aromatic N) is 1. The number of primary amides is 1. The van der Waals surface area contributed by atoms with Gasteiger partial charge in [-0.3, -0.25) is 29.0 Å². The lowest BCUT2D eigenvalue weighted by atomic mass is 10.1. The van der Waals surface area contributed by atoms with Crippen molar-refractivity contribution in [3.63, 3.8) is 0 Å². The predicted octanol–water partition coefficient (Wildman–Crippen LogP) is -3.54. The van der Waals surface area contributed by atoms with Crippen molar-refractivity contribution in [3.05, 3.63) is 0 Å². The molecule has 37 heavy (non-hydrogen) atoms. The molecule has 1 rings (SSSR count). The molecule has 1 saturated heterocycles. The summed E-state index contributed by atoms with van der Waals surface area (Å²) in [7, 11) is 0. The highest BCUT2D eigenvalue weighted by atomic mass is 16.4. The average Bonchev–Trinajstić information content (AvgIpc) is 3.35. The molecule has 0 aliphatic carbocycles. The fourth-order valence-corrected chi connectivity index (χ4v) is 3.58. The topological polar surface area (TPSA) is 281 Å². The number of carboxylic acids is 2. The summed E-state index contributed by atoms with van der Waals surface area (Å²) in [6, 6.07) is -4.49. The summed E-state index contributed by atoms with van der Waals surface area (Å²) in [4.78, 5) is 75.9. The van der Waals surface area contributed by atoms with Gasteiger partial charge in [0.05, 0.1) is 6.04 Å². The molecule has 1 aliphatic rings. The summed E-state index contributed by atoms with van der Waals surface area (Å²) < 4.78 is 0. The molecule has 0 spiro atoms. The minimum atomic E-state index is -1.54. The molecule has 0 bridgehead atoms. The minimum absolute atomic E-state index is 0.113. The zero-order valence-corrected chi connectivity index (χ0v) is 20.4. The molecule has 0 saturated carbocycles. The number of guanidine groups is 1. The van der Waals surface area contributed by atoms with E-state index in [4.69, 9.17) is 22.3 Å². The van der Waals surface area contributed by atoms with Crippen LogP contribution in [-0.2, 0) is 28.8 Å². The number of rotatable bonds is 17. The summed E-state index contributed by atoms with van der Waals surface area (Å²) in [5.41, 5.74) is 15.8. The summed E-state index contributed by atoms with van der Waals surface area (Å²) in [5, 5.41) is 28.4. The molecule has 1 aliphatic heterocycles. The van der Waals surface area contributed by atoms with Crippen LogP contribution in [0.4, 0.5) is 0 Å². The number of hydrogen-bond acceptors (Lipinski definition) is 8. The molecule has 16 heteroatoms. The second kappa shape index (κ2) is 15.9. The second-order valence-corrected chi connectivity index (χ2v) is 8.56. The number of aliphatic imine (C=N–C) groups is 1. The Morgan fingerprint density at radius 1 is 0.865 bits per heavy atom. The van der Waals surface area contributed by atoms with Gasteiger partial charge in [-0.15, -0.1) is 0 Å². The standard InChI is InChI=1S/C21H36N8O8/c22-15(30)7-5-13(19(35)29-14(20(36)37)6-8-16(31)32)28-18(34)12(4-2-10-26-21(23)24)27-17(33)11-3-1-9-25-11/h11-14,25H,1-10H2,(H2,22,30)(H,27,33)(H,28,34)(H,29,35)(H,31,32)(H,36,37)(H4,23,24,26). The van der Waals surface area contributed by atoms with Crippen LogP contribution in [0.2, 0.25) is 0 Å². The number of nitrogens with one attached hydrogen (secondary N) is 4. The molecule has 4 unspecified atom stereocenters. The molecule has 0 radical (unpaired) electrons. The van der Waals surface area contributed by atoms with Crippen LogP contribution in [0, 0.1) is 0 Å². The number of aliphatic carboxylic acids is 2. The lowest BCUT2D eigenvalue weighted by Gasteiger charge is -2.25. The number of amides is 4. The predicted molar refractivity (Wildman–Crippen MR) is 130 cm³/mol. The second-order valence-electron chi connectivity index (χ2n) is 8.56. The maximum Gasteiger partial charge on any atom is 0.326 e. The van der Waals surface area contributed by atoms with Gasteiger partial charge in [0, 0.05) is 19.4 Å². The Kier molecular flexibility index (Phi) is 13.4. The normalized spacial score (nSPS) is 17.0. The smallest absolute Gasteiger partial charge is 0.326 e. The van der Waals surface area contributed by atoms with Gasteiger partial charge >= 0.3 is 11.9 Å². The van der Waals surface area contributed by atoms with E-state index in [9.17, 15) is 33.9 Å². The summed E-state index contributed by atoms with van der Waals surface area (Å²) in [6.07, 6.45) is 0.325. The number of carbonyl (C=O) groups is 6. The van der Waals surface area contributed by atoms with Crippen molar-refractivity contribution in [2.45, 2.75) is 75.5 Å². The number of carbonyl (C=O) groups excluding carboxylic acids is 4. The maximum atomic E-state index is 13.1. The molecule has 0 aromatic heterocycles. The Labute approximate surface area is 213 Å². The van der Waals surface area contributed by atoms with Crippen molar-refractivity contribution in [2.24, 2.45) is 22.2 Å². The van der Waals surface area contributed by atoms with Gasteiger partial charge in [0.1, 0.15) is 18.1 Å². The SMILES string of the molecule is NC(=O)CCC(NC(=O)C(CCCN=C(N)N)NC(=O)C1CCCN1)C(=O)NC(CCC(=O)O)C(=O)O. The van der Waals surface area contributed by atoms with E-state index in [0.717, 1.165) is 6.42 Å². The Hall–Kier alpha value is -3.95. The van der Waals surface area contributed by atoms with Crippen LogP contribution in [0.5, 0.6) is 0 Å². The van der Waals surface area contributed by atoms with E-state index in [-0.39, 0.29) is 31.8 Å². The third kappa shape index (κ3) is 12.5. The quantitative estimate of drug-likeness (QED) is 0.0506. The van der Waals surface area contributed by atoms with Crippen LogP contribution in [-0.4, -0.2) is 89.0 Å². The molecule has 208 valence electrons. The van der Waals surface area contributed by atoms with Crippen LogP contribution >= 0.6 is 0 Å². The van der Waals surface area contributed by atoms with Gasteiger partial charge in [0.2, 0.25) is 23.6 Å². The Bertz CT molecular complexity index is 871. The van der Waals surface area contributed by atoms with E-state index >= 15 is 0 Å². The molecular formula is C21H36N8O8. The maximum absolute atomic E-state index is 13.1. The Morgan fingerprint density at radius 2 is 1.46 bits per heavy atom. The van der Waals surface area contributed by atoms with Crippen LogP contribution < -0.4 is 38.5 Å². The van der Waals surface area contributed by atoms with E-state index < -0.39 is 72.6 Å². The Balaban J connectivity index is 2.99. The van der Waals surface area contributed by atoms with Gasteiger partial charge in [-0.25, -0.2) is 4.79 Å². The number of nitrogens with two attached hydrogens (primary N) is 3. The first-order chi connectivity index (χ1) is 17.4. The first-order valence-electron chi connectivity index (χ1n) is 11.8. The highest BCUT2D eigenvalue weighted by Gasteiger charge is 2.31. The van der Waals surface area contributed by atoms with Gasteiger partial charge in [-0.2, -0.15) is 0 Å². The monoisotopic (exact) mass is 528 g/mol. The number of carboxylic acid groups (broad SMARTS) is 2.